The molecule has 2 aromatic heterocycles. The number of benzene rings is 5. The number of hydrogen-bond acceptors (Lipinski definition) is 1. The minimum atomic E-state index is 0.339. The van der Waals surface area contributed by atoms with Gasteiger partial charge in [0.15, 0.2) is 0 Å². The lowest BCUT2D eigenvalue weighted by Crippen LogP contribution is -2.39. The van der Waals surface area contributed by atoms with Crippen molar-refractivity contribution >= 4 is 54.9 Å². The molecule has 0 saturated heterocycles. The molecule has 3 heterocycles. The summed E-state index contributed by atoms with van der Waals surface area (Å²) >= 11 is 0. The predicted octanol–water partition coefficient (Wildman–Crippen LogP) is 13.1. The maximum atomic E-state index is 2.71. The monoisotopic (exact) mass is 691 g/mol. The minimum absolute atomic E-state index is 0.339. The van der Waals surface area contributed by atoms with Crippen LogP contribution in [-0.4, -0.2) is 21.2 Å². The standard InChI is InChI=1S/C50H49N3/c1-34(30-44-35(2)52(38-16-8-5-9-17-38)48-24-14-12-21-41(44)48)37-27-29-47-45(32-37)42-22-10-13-23-46(42)51(47)33-36-26-28-43-40-20-11-15-25-49(40)53(50(43)31-36)39-18-6-3-4-7-19-39/h5,8-16,20-32,35,38-39,44H,3-4,6-7,17-19,33H2,1-2H3/b34-30+. The number of fused-ring (bicyclic) bond motifs is 7. The van der Waals surface area contributed by atoms with Crippen molar-refractivity contribution < 1.29 is 0 Å². The van der Waals surface area contributed by atoms with Gasteiger partial charge >= 0.3 is 0 Å². The summed E-state index contributed by atoms with van der Waals surface area (Å²) in [5.74, 6) is 0.339. The Morgan fingerprint density at radius 2 is 1.40 bits per heavy atom. The average molecular weight is 692 g/mol. The van der Waals surface area contributed by atoms with E-state index < -0.39 is 0 Å². The van der Waals surface area contributed by atoms with Crippen molar-refractivity contribution in [1.29, 1.82) is 0 Å². The molecule has 10 rings (SSSR count). The number of para-hydroxylation sites is 3. The van der Waals surface area contributed by atoms with E-state index in [1.807, 2.05) is 0 Å². The molecule has 3 heteroatoms. The van der Waals surface area contributed by atoms with Crippen LogP contribution in [-0.2, 0) is 6.54 Å². The topological polar surface area (TPSA) is 13.1 Å². The van der Waals surface area contributed by atoms with Gasteiger partial charge in [-0.3, -0.25) is 0 Å². The summed E-state index contributed by atoms with van der Waals surface area (Å²) in [6, 6.07) is 42.9. The first-order valence-corrected chi connectivity index (χ1v) is 20.1. The van der Waals surface area contributed by atoms with Crippen LogP contribution in [0.15, 0.2) is 140 Å². The molecule has 1 saturated carbocycles. The van der Waals surface area contributed by atoms with Gasteiger partial charge in [0, 0.05) is 73.8 Å². The molecule has 3 atom stereocenters. The Bertz CT molecular complexity index is 2580. The summed E-state index contributed by atoms with van der Waals surface area (Å²) in [6.07, 6.45) is 20.6. The zero-order valence-electron chi connectivity index (χ0n) is 31.1. The van der Waals surface area contributed by atoms with Crippen LogP contribution in [0.2, 0.25) is 0 Å². The van der Waals surface area contributed by atoms with Crippen molar-refractivity contribution in [3.05, 3.63) is 156 Å². The van der Waals surface area contributed by atoms with Crippen LogP contribution in [0.1, 0.15) is 87.4 Å². The Labute approximate surface area is 313 Å². The first-order valence-electron chi connectivity index (χ1n) is 20.1. The van der Waals surface area contributed by atoms with E-state index in [4.69, 9.17) is 0 Å². The largest absolute Gasteiger partial charge is 0.361 e. The second kappa shape index (κ2) is 13.3. The Hall–Kier alpha value is -5.28. The van der Waals surface area contributed by atoms with Gasteiger partial charge in [-0.15, -0.1) is 0 Å². The molecule has 1 aliphatic heterocycles. The first-order chi connectivity index (χ1) is 26.1. The number of nitrogens with zero attached hydrogens (tertiary/aromatic N) is 3. The van der Waals surface area contributed by atoms with Gasteiger partial charge in [-0.25, -0.2) is 0 Å². The number of aromatic nitrogens is 2. The summed E-state index contributed by atoms with van der Waals surface area (Å²) in [7, 11) is 0. The van der Waals surface area contributed by atoms with Crippen molar-refractivity contribution in [1.82, 2.24) is 9.13 Å². The summed E-state index contributed by atoms with van der Waals surface area (Å²) in [4.78, 5) is 2.65. The third-order valence-corrected chi connectivity index (χ3v) is 12.8. The van der Waals surface area contributed by atoms with Gasteiger partial charge < -0.3 is 14.0 Å². The van der Waals surface area contributed by atoms with Crippen LogP contribution in [0.3, 0.4) is 0 Å². The second-order valence-electron chi connectivity index (χ2n) is 15.9. The van der Waals surface area contributed by atoms with Crippen LogP contribution in [0, 0.1) is 0 Å². The van der Waals surface area contributed by atoms with Gasteiger partial charge in [0.2, 0.25) is 0 Å². The molecule has 264 valence electrons. The quantitative estimate of drug-likeness (QED) is 0.158. The molecule has 5 aromatic carbocycles. The van der Waals surface area contributed by atoms with E-state index in [2.05, 4.69) is 167 Å². The highest BCUT2D eigenvalue weighted by Gasteiger charge is 2.37. The lowest BCUT2D eigenvalue weighted by Gasteiger charge is -2.34. The highest BCUT2D eigenvalue weighted by Crippen LogP contribution is 2.45. The third kappa shape index (κ3) is 5.47. The molecule has 0 bridgehead atoms. The molecule has 3 aliphatic rings. The zero-order chi connectivity index (χ0) is 35.5. The Morgan fingerprint density at radius 1 is 0.679 bits per heavy atom. The lowest BCUT2D eigenvalue weighted by atomic mass is 9.91. The second-order valence-corrected chi connectivity index (χ2v) is 15.9. The molecule has 0 amide bonds. The van der Waals surface area contributed by atoms with Gasteiger partial charge in [-0.1, -0.05) is 129 Å². The number of allylic oxidation sites excluding steroid dienone is 3. The van der Waals surface area contributed by atoms with Crippen molar-refractivity contribution in [2.24, 2.45) is 0 Å². The van der Waals surface area contributed by atoms with Crippen molar-refractivity contribution in [3.63, 3.8) is 0 Å². The van der Waals surface area contributed by atoms with Gasteiger partial charge in [-0.05, 0) is 91.8 Å². The molecule has 2 aliphatic carbocycles. The van der Waals surface area contributed by atoms with E-state index in [1.54, 1.807) is 0 Å². The van der Waals surface area contributed by atoms with E-state index in [-0.39, 0.29) is 0 Å². The summed E-state index contributed by atoms with van der Waals surface area (Å²) in [5, 5.41) is 5.43. The van der Waals surface area contributed by atoms with E-state index in [0.29, 0.717) is 24.0 Å². The molecule has 3 unspecified atom stereocenters. The zero-order valence-corrected chi connectivity index (χ0v) is 31.1. The molecule has 0 spiro atoms. The molecule has 3 nitrogen and oxygen atoms in total. The fourth-order valence-corrected chi connectivity index (χ4v) is 10.2. The minimum Gasteiger partial charge on any atom is -0.361 e. The van der Waals surface area contributed by atoms with E-state index in [1.165, 1.54) is 110 Å². The fourth-order valence-electron chi connectivity index (χ4n) is 10.2. The van der Waals surface area contributed by atoms with E-state index >= 15 is 0 Å². The van der Waals surface area contributed by atoms with E-state index in [0.717, 1.165) is 13.0 Å². The maximum Gasteiger partial charge on any atom is 0.0514 e. The van der Waals surface area contributed by atoms with Gasteiger partial charge in [0.05, 0.1) is 6.04 Å². The summed E-state index contributed by atoms with van der Waals surface area (Å²) in [5.41, 5.74) is 12.2. The Balaban J connectivity index is 1.02. The number of hydrogen-bond donors (Lipinski definition) is 0. The molecule has 7 aromatic rings. The highest BCUT2D eigenvalue weighted by molar-refractivity contribution is 6.10. The first kappa shape index (κ1) is 32.4. The van der Waals surface area contributed by atoms with Crippen molar-refractivity contribution in [2.45, 2.75) is 89.4 Å². The van der Waals surface area contributed by atoms with Gasteiger partial charge in [-0.2, -0.15) is 0 Å². The van der Waals surface area contributed by atoms with Crippen LogP contribution in [0.5, 0.6) is 0 Å². The van der Waals surface area contributed by atoms with Crippen LogP contribution in [0.4, 0.5) is 5.69 Å². The molecule has 53 heavy (non-hydrogen) atoms. The van der Waals surface area contributed by atoms with Gasteiger partial charge in [0.25, 0.3) is 0 Å². The van der Waals surface area contributed by atoms with Crippen molar-refractivity contribution in [2.75, 3.05) is 4.90 Å². The lowest BCUT2D eigenvalue weighted by molar-refractivity contribution is 0.467. The summed E-state index contributed by atoms with van der Waals surface area (Å²) < 4.78 is 5.26. The Morgan fingerprint density at radius 3 is 2.21 bits per heavy atom. The van der Waals surface area contributed by atoms with Crippen LogP contribution < -0.4 is 4.90 Å². The maximum absolute atomic E-state index is 2.71. The fraction of sp³-hybridized carbons (Fsp3) is 0.280. The van der Waals surface area contributed by atoms with Crippen molar-refractivity contribution in [3.8, 4) is 0 Å². The van der Waals surface area contributed by atoms with E-state index in [9.17, 15) is 0 Å². The molecule has 0 N–H and O–H groups in total. The molecule has 0 radical (unpaired) electrons. The highest BCUT2D eigenvalue weighted by atomic mass is 15.2. The third-order valence-electron chi connectivity index (χ3n) is 12.8. The smallest absolute Gasteiger partial charge is 0.0514 e. The molecular formula is C50H49N3. The SMILES string of the molecule is C/C(=C\C1c2ccccc2N(C2C=CC=CC2)C1C)c1ccc2c(c1)c1ccccc1n2Cc1ccc2c3ccccc3n(C3CCCCCC3)c2c1. The Kier molecular flexibility index (Phi) is 8.12. The van der Waals surface area contributed by atoms with Crippen LogP contribution in [0.25, 0.3) is 49.2 Å². The number of rotatable bonds is 6. The normalized spacial score (nSPS) is 21.0. The molecular weight excluding hydrogens is 643 g/mol. The summed E-state index contributed by atoms with van der Waals surface area (Å²) in [6.45, 7) is 5.56. The number of anilines is 1. The predicted molar refractivity (Wildman–Crippen MR) is 226 cm³/mol. The average Bonchev–Trinajstić information content (AvgIpc) is 3.68. The molecule has 1 fully saturated rings. The van der Waals surface area contributed by atoms with Gasteiger partial charge in [0.1, 0.15) is 0 Å². The van der Waals surface area contributed by atoms with Crippen LogP contribution >= 0.6 is 0 Å².